The van der Waals surface area contributed by atoms with Gasteiger partial charge in [0.2, 0.25) is 5.91 Å². The van der Waals surface area contributed by atoms with Crippen LogP contribution in [-0.2, 0) is 16.1 Å². The number of hydroxylamine groups is 2. The number of carbonyl (C=O) groups excluding carboxylic acids is 1. The Hall–Kier alpha value is -1.35. The smallest absolute Gasteiger partial charge is 0.248 e. The zero-order chi connectivity index (χ0) is 11.3. The number of benzene rings is 1. The van der Waals surface area contributed by atoms with Crippen LogP contribution in [0.1, 0.15) is 12.5 Å². The number of amides is 1. The summed E-state index contributed by atoms with van der Waals surface area (Å²) in [4.78, 5) is 16.5. The third-order valence-electron chi connectivity index (χ3n) is 2.39. The molecule has 15 heavy (non-hydrogen) atoms. The van der Waals surface area contributed by atoms with E-state index in [0.717, 1.165) is 6.42 Å². The van der Waals surface area contributed by atoms with Crippen LogP contribution in [-0.4, -0.2) is 25.1 Å². The zero-order valence-electron chi connectivity index (χ0n) is 9.43. The van der Waals surface area contributed by atoms with Crippen LogP contribution in [0.5, 0.6) is 0 Å². The predicted octanol–water partition coefficient (Wildman–Crippen LogP) is 1.88. The molecule has 3 nitrogen and oxygen atoms in total. The second-order valence-electron chi connectivity index (χ2n) is 3.61. The molecule has 0 heterocycles. The summed E-state index contributed by atoms with van der Waals surface area (Å²) in [7, 11) is 3.12. The summed E-state index contributed by atoms with van der Waals surface area (Å²) in [6.07, 6.45) is 0.743. The summed E-state index contributed by atoms with van der Waals surface area (Å²) in [5, 5.41) is 1.27. The molecule has 0 saturated carbocycles. The molecule has 82 valence electrons. The molecule has 0 saturated heterocycles. The van der Waals surface area contributed by atoms with Crippen LogP contribution in [0.3, 0.4) is 0 Å². The molecule has 0 N–H and O–H groups in total. The summed E-state index contributed by atoms with van der Waals surface area (Å²) >= 11 is 0. The molecule has 0 bridgehead atoms. The van der Waals surface area contributed by atoms with Gasteiger partial charge in [0.25, 0.3) is 0 Å². The van der Waals surface area contributed by atoms with Crippen molar-refractivity contribution in [1.82, 2.24) is 5.06 Å². The fourth-order valence-electron chi connectivity index (χ4n) is 1.46. The number of hydrogen-bond donors (Lipinski definition) is 0. The van der Waals surface area contributed by atoms with E-state index in [9.17, 15) is 4.79 Å². The number of rotatable bonds is 4. The molecule has 0 unspecified atom stereocenters. The van der Waals surface area contributed by atoms with Crippen molar-refractivity contribution in [3.8, 4) is 0 Å². The predicted molar refractivity (Wildman–Crippen MR) is 59.1 cm³/mol. The van der Waals surface area contributed by atoms with Crippen molar-refractivity contribution in [1.29, 1.82) is 0 Å². The minimum atomic E-state index is -0.0580. The Bertz CT molecular complexity index is 311. The van der Waals surface area contributed by atoms with Crippen molar-refractivity contribution in [2.24, 2.45) is 5.92 Å². The Labute approximate surface area is 90.6 Å². The second-order valence-corrected chi connectivity index (χ2v) is 3.61. The van der Waals surface area contributed by atoms with Gasteiger partial charge >= 0.3 is 0 Å². The van der Waals surface area contributed by atoms with Crippen LogP contribution < -0.4 is 0 Å². The molecule has 0 spiro atoms. The van der Waals surface area contributed by atoms with Gasteiger partial charge in [-0.15, -0.1) is 0 Å². The molecule has 1 aromatic carbocycles. The van der Waals surface area contributed by atoms with Crippen molar-refractivity contribution in [3.63, 3.8) is 0 Å². The first-order valence-corrected chi connectivity index (χ1v) is 5.00. The fraction of sp³-hybridized carbons (Fsp3) is 0.417. The monoisotopic (exact) mass is 207 g/mol. The van der Waals surface area contributed by atoms with Crippen molar-refractivity contribution in [3.05, 3.63) is 35.9 Å². The highest BCUT2D eigenvalue weighted by molar-refractivity contribution is 5.77. The van der Waals surface area contributed by atoms with Gasteiger partial charge in [0.15, 0.2) is 0 Å². The van der Waals surface area contributed by atoms with Crippen molar-refractivity contribution in [2.45, 2.75) is 13.3 Å². The molecule has 0 aromatic heterocycles. The summed E-state index contributed by atoms with van der Waals surface area (Å²) in [5.74, 6) is -0.0568. The van der Waals surface area contributed by atoms with Crippen molar-refractivity contribution in [2.75, 3.05) is 14.2 Å². The van der Waals surface area contributed by atoms with Gasteiger partial charge in [0, 0.05) is 13.0 Å². The van der Waals surface area contributed by atoms with Gasteiger partial charge in [0.1, 0.15) is 0 Å². The number of carbonyl (C=O) groups is 1. The average Bonchev–Trinajstić information content (AvgIpc) is 2.28. The lowest BCUT2D eigenvalue weighted by Crippen LogP contribution is -2.31. The molecule has 1 rings (SSSR count). The minimum Gasteiger partial charge on any atom is -0.275 e. The topological polar surface area (TPSA) is 29.5 Å². The molecular formula is C12H17NO2. The van der Waals surface area contributed by atoms with Crippen molar-refractivity contribution < 1.29 is 9.63 Å². The fourth-order valence-corrected chi connectivity index (χ4v) is 1.46. The Morgan fingerprint density at radius 2 is 2.00 bits per heavy atom. The summed E-state index contributed by atoms with van der Waals surface area (Å²) in [6, 6.07) is 9.98. The van der Waals surface area contributed by atoms with Crippen LogP contribution in [0.2, 0.25) is 0 Å². The molecule has 0 fully saturated rings. The highest BCUT2D eigenvalue weighted by atomic mass is 16.7. The van der Waals surface area contributed by atoms with E-state index in [2.05, 4.69) is 0 Å². The summed E-state index contributed by atoms with van der Waals surface area (Å²) < 4.78 is 0. The highest BCUT2D eigenvalue weighted by Gasteiger charge is 2.17. The van der Waals surface area contributed by atoms with E-state index >= 15 is 0 Å². The second kappa shape index (κ2) is 5.51. The van der Waals surface area contributed by atoms with Gasteiger partial charge in [-0.1, -0.05) is 37.3 Å². The zero-order valence-corrected chi connectivity index (χ0v) is 9.43. The Balaban J connectivity index is 2.56. The maximum atomic E-state index is 11.7. The third kappa shape index (κ3) is 3.36. The van der Waals surface area contributed by atoms with E-state index in [1.807, 2.05) is 37.3 Å². The molecule has 1 atom stereocenters. The van der Waals surface area contributed by atoms with Crippen LogP contribution in [0.25, 0.3) is 0 Å². The lowest BCUT2D eigenvalue weighted by molar-refractivity contribution is -0.172. The van der Waals surface area contributed by atoms with Crippen LogP contribution in [0.15, 0.2) is 30.3 Å². The van der Waals surface area contributed by atoms with E-state index in [1.54, 1.807) is 7.05 Å². The van der Waals surface area contributed by atoms with Crippen LogP contribution in [0, 0.1) is 5.92 Å². The number of nitrogens with zero attached hydrogens (tertiary/aromatic N) is 1. The molecule has 1 aromatic rings. The molecule has 0 aliphatic carbocycles. The average molecular weight is 207 g/mol. The highest BCUT2D eigenvalue weighted by Crippen LogP contribution is 2.10. The summed E-state index contributed by atoms with van der Waals surface area (Å²) in [6.45, 7) is 1.91. The maximum Gasteiger partial charge on any atom is 0.248 e. The molecule has 3 heteroatoms. The first-order chi connectivity index (χ1) is 7.15. The van der Waals surface area contributed by atoms with Crippen LogP contribution >= 0.6 is 0 Å². The van der Waals surface area contributed by atoms with Gasteiger partial charge < -0.3 is 0 Å². The van der Waals surface area contributed by atoms with Crippen molar-refractivity contribution >= 4 is 5.91 Å². The van der Waals surface area contributed by atoms with Gasteiger partial charge in [-0.3, -0.25) is 9.63 Å². The van der Waals surface area contributed by atoms with E-state index < -0.39 is 0 Å². The Morgan fingerprint density at radius 1 is 1.40 bits per heavy atom. The number of hydrogen-bond acceptors (Lipinski definition) is 2. The maximum absolute atomic E-state index is 11.7. The molecule has 0 radical (unpaired) electrons. The molecule has 1 amide bonds. The SMILES string of the molecule is CON(C)C(=O)[C@H](C)Cc1ccccc1. The Morgan fingerprint density at radius 3 is 2.53 bits per heavy atom. The quantitative estimate of drug-likeness (QED) is 0.705. The first-order valence-electron chi connectivity index (χ1n) is 5.00. The van der Waals surface area contributed by atoms with E-state index in [-0.39, 0.29) is 11.8 Å². The Kier molecular flexibility index (Phi) is 4.31. The normalized spacial score (nSPS) is 12.2. The minimum absolute atomic E-state index is 0.00125. The molecule has 0 aliphatic heterocycles. The molecular weight excluding hydrogens is 190 g/mol. The summed E-state index contributed by atoms with van der Waals surface area (Å²) in [5.41, 5.74) is 1.17. The standard InChI is InChI=1S/C12H17NO2/c1-10(12(14)13(2)15-3)9-11-7-5-4-6-8-11/h4-8,10H,9H2,1-3H3/t10-/m1/s1. The largest absolute Gasteiger partial charge is 0.275 e. The van der Waals surface area contributed by atoms with E-state index in [4.69, 9.17) is 4.84 Å². The van der Waals surface area contributed by atoms with Crippen LogP contribution in [0.4, 0.5) is 0 Å². The molecule has 0 aliphatic rings. The third-order valence-corrected chi connectivity index (χ3v) is 2.39. The lowest BCUT2D eigenvalue weighted by Gasteiger charge is -2.18. The van der Waals surface area contributed by atoms with Gasteiger partial charge in [-0.2, -0.15) is 0 Å². The van der Waals surface area contributed by atoms with Gasteiger partial charge in [0.05, 0.1) is 7.11 Å². The lowest BCUT2D eigenvalue weighted by atomic mass is 10.0. The first kappa shape index (κ1) is 11.7. The van der Waals surface area contributed by atoms with Gasteiger partial charge in [-0.25, -0.2) is 5.06 Å². The van der Waals surface area contributed by atoms with E-state index in [1.165, 1.54) is 17.7 Å². The van der Waals surface area contributed by atoms with E-state index in [0.29, 0.717) is 0 Å². The van der Waals surface area contributed by atoms with Gasteiger partial charge in [-0.05, 0) is 12.0 Å².